The summed E-state index contributed by atoms with van der Waals surface area (Å²) in [6, 6.07) is 9.65. The van der Waals surface area contributed by atoms with E-state index in [1.54, 1.807) is 31.0 Å². The van der Waals surface area contributed by atoms with E-state index in [-0.39, 0.29) is 0 Å². The minimum atomic E-state index is 0.671. The highest BCUT2D eigenvalue weighted by Crippen LogP contribution is 2.32. The van der Waals surface area contributed by atoms with Gasteiger partial charge in [0.2, 0.25) is 0 Å². The molecule has 0 aliphatic heterocycles. The van der Waals surface area contributed by atoms with Crippen molar-refractivity contribution in [2.75, 3.05) is 17.7 Å². The Morgan fingerprint density at radius 2 is 1.69 bits per heavy atom. The van der Waals surface area contributed by atoms with Crippen molar-refractivity contribution >= 4 is 16.9 Å². The van der Waals surface area contributed by atoms with Crippen LogP contribution in [-0.4, -0.2) is 32.0 Å². The molecule has 0 saturated carbocycles. The van der Waals surface area contributed by atoms with Crippen LogP contribution in [0.25, 0.3) is 28.2 Å². The van der Waals surface area contributed by atoms with Crippen LogP contribution in [0.3, 0.4) is 0 Å². The predicted molar refractivity (Wildman–Crippen MR) is 129 cm³/mol. The number of hydrogen-bond acceptors (Lipinski definition) is 7. The maximum Gasteiger partial charge on any atom is 0.115 e. The summed E-state index contributed by atoms with van der Waals surface area (Å²) < 4.78 is 0. The van der Waals surface area contributed by atoms with E-state index in [2.05, 4.69) is 48.7 Å². The second-order valence-corrected chi connectivity index (χ2v) is 7.12. The SMILES string of the molecule is C=C(Nc1ccnc(-c2ccccn2)c1C)C(=C)c1cc(-c2cncnc2)ncc1NC. The minimum absolute atomic E-state index is 0.671. The number of anilines is 2. The van der Waals surface area contributed by atoms with Crippen molar-refractivity contribution in [2.45, 2.75) is 6.92 Å². The fourth-order valence-corrected chi connectivity index (χ4v) is 3.33. The molecular formula is C25H23N7. The molecule has 7 nitrogen and oxygen atoms in total. The standard InChI is InChI=1S/C25H23N7/c1-16(20-11-23(31-14-24(20)26-4)19-12-27-15-28-13-19)18(3)32-21-8-10-30-25(17(21)2)22-7-5-6-9-29-22/h5-15,26H,1,3H2,2,4H3,(H,30,32). The quantitative estimate of drug-likeness (QED) is 0.407. The van der Waals surface area contributed by atoms with Gasteiger partial charge in [0.05, 0.1) is 29.0 Å². The molecule has 0 aliphatic carbocycles. The average Bonchev–Trinajstić information content (AvgIpc) is 2.85. The van der Waals surface area contributed by atoms with Gasteiger partial charge in [0.15, 0.2) is 0 Å². The van der Waals surface area contributed by atoms with Gasteiger partial charge < -0.3 is 10.6 Å². The first-order valence-corrected chi connectivity index (χ1v) is 10.0. The van der Waals surface area contributed by atoms with E-state index in [1.807, 2.05) is 44.3 Å². The van der Waals surface area contributed by atoms with E-state index in [0.29, 0.717) is 5.70 Å². The highest BCUT2D eigenvalue weighted by molar-refractivity contribution is 5.88. The van der Waals surface area contributed by atoms with Gasteiger partial charge >= 0.3 is 0 Å². The van der Waals surface area contributed by atoms with Crippen LogP contribution in [0.5, 0.6) is 0 Å². The molecule has 7 heteroatoms. The van der Waals surface area contributed by atoms with Crippen LogP contribution < -0.4 is 10.6 Å². The molecule has 0 saturated heterocycles. The molecule has 4 aromatic rings. The van der Waals surface area contributed by atoms with Crippen LogP contribution in [0.15, 0.2) is 86.5 Å². The molecule has 0 radical (unpaired) electrons. The minimum Gasteiger partial charge on any atom is -0.386 e. The zero-order valence-electron chi connectivity index (χ0n) is 18.0. The lowest BCUT2D eigenvalue weighted by Crippen LogP contribution is -2.06. The molecule has 0 spiro atoms. The van der Waals surface area contributed by atoms with Crippen molar-refractivity contribution in [3.8, 4) is 22.6 Å². The molecular weight excluding hydrogens is 398 g/mol. The maximum atomic E-state index is 4.52. The van der Waals surface area contributed by atoms with Crippen molar-refractivity contribution in [1.82, 2.24) is 24.9 Å². The third kappa shape index (κ3) is 4.22. The summed E-state index contributed by atoms with van der Waals surface area (Å²) in [5.41, 5.74) is 8.23. The zero-order chi connectivity index (χ0) is 22.5. The summed E-state index contributed by atoms with van der Waals surface area (Å²) in [5, 5.41) is 6.57. The van der Waals surface area contributed by atoms with Gasteiger partial charge in [-0.05, 0) is 36.8 Å². The highest BCUT2D eigenvalue weighted by atomic mass is 14.9. The first kappa shape index (κ1) is 20.9. The summed E-state index contributed by atoms with van der Waals surface area (Å²) in [5.74, 6) is 0. The molecule has 0 unspecified atom stereocenters. The van der Waals surface area contributed by atoms with Gasteiger partial charge in [-0.25, -0.2) is 9.97 Å². The van der Waals surface area contributed by atoms with Crippen molar-refractivity contribution in [1.29, 1.82) is 0 Å². The van der Waals surface area contributed by atoms with E-state index in [1.165, 1.54) is 6.33 Å². The summed E-state index contributed by atoms with van der Waals surface area (Å²) >= 11 is 0. The lowest BCUT2D eigenvalue weighted by Gasteiger charge is -2.18. The molecule has 0 aromatic carbocycles. The third-order valence-electron chi connectivity index (χ3n) is 5.12. The van der Waals surface area contributed by atoms with E-state index in [9.17, 15) is 0 Å². The molecule has 0 bridgehead atoms. The lowest BCUT2D eigenvalue weighted by atomic mass is 10.0. The number of allylic oxidation sites excluding steroid dienone is 1. The molecule has 0 aliphatic rings. The molecule has 158 valence electrons. The topological polar surface area (TPSA) is 88.5 Å². The van der Waals surface area contributed by atoms with Crippen LogP contribution >= 0.6 is 0 Å². The summed E-state index contributed by atoms with van der Waals surface area (Å²) in [6.45, 7) is 10.5. The van der Waals surface area contributed by atoms with Crippen molar-refractivity contribution in [2.24, 2.45) is 0 Å². The average molecular weight is 422 g/mol. The van der Waals surface area contributed by atoms with Crippen LogP contribution in [0.2, 0.25) is 0 Å². The molecule has 32 heavy (non-hydrogen) atoms. The smallest absolute Gasteiger partial charge is 0.115 e. The first-order valence-electron chi connectivity index (χ1n) is 10.0. The number of nitrogens with one attached hydrogen (secondary N) is 2. The van der Waals surface area contributed by atoms with Crippen LogP contribution in [0.1, 0.15) is 11.1 Å². The number of rotatable bonds is 7. The third-order valence-corrected chi connectivity index (χ3v) is 5.12. The van der Waals surface area contributed by atoms with E-state index in [0.717, 1.165) is 50.7 Å². The summed E-state index contributed by atoms with van der Waals surface area (Å²) in [7, 11) is 1.85. The van der Waals surface area contributed by atoms with Gasteiger partial charge in [0.25, 0.3) is 0 Å². The Balaban J connectivity index is 1.63. The van der Waals surface area contributed by atoms with Crippen LogP contribution in [0.4, 0.5) is 11.4 Å². The van der Waals surface area contributed by atoms with Crippen molar-refractivity contribution in [3.05, 3.63) is 97.6 Å². The van der Waals surface area contributed by atoms with Crippen LogP contribution in [0, 0.1) is 6.92 Å². The van der Waals surface area contributed by atoms with Gasteiger partial charge in [0.1, 0.15) is 6.33 Å². The monoisotopic (exact) mass is 421 g/mol. The number of nitrogens with zero attached hydrogens (tertiary/aromatic N) is 5. The lowest BCUT2D eigenvalue weighted by molar-refractivity contribution is 1.16. The Morgan fingerprint density at radius 3 is 2.41 bits per heavy atom. The second-order valence-electron chi connectivity index (χ2n) is 7.12. The Bertz CT molecular complexity index is 1270. The zero-order valence-corrected chi connectivity index (χ0v) is 18.0. The second kappa shape index (κ2) is 9.18. The number of pyridine rings is 3. The fraction of sp³-hybridized carbons (Fsp3) is 0.0800. The van der Waals surface area contributed by atoms with Crippen molar-refractivity contribution in [3.63, 3.8) is 0 Å². The van der Waals surface area contributed by atoms with E-state index >= 15 is 0 Å². The fourth-order valence-electron chi connectivity index (χ4n) is 3.33. The largest absolute Gasteiger partial charge is 0.386 e. The molecule has 4 rings (SSSR count). The molecule has 4 heterocycles. The Kier molecular flexibility index (Phi) is 5.98. The normalized spacial score (nSPS) is 10.4. The van der Waals surface area contributed by atoms with Crippen LogP contribution in [-0.2, 0) is 0 Å². The number of hydrogen-bond donors (Lipinski definition) is 2. The van der Waals surface area contributed by atoms with Gasteiger partial charge in [0, 0.05) is 59.9 Å². The van der Waals surface area contributed by atoms with Gasteiger partial charge in [-0.2, -0.15) is 0 Å². The summed E-state index contributed by atoms with van der Waals surface area (Å²) in [6.07, 6.45) is 10.2. The Labute approximate surface area is 187 Å². The summed E-state index contributed by atoms with van der Waals surface area (Å²) in [4.78, 5) is 21.6. The van der Waals surface area contributed by atoms with Gasteiger partial charge in [-0.3, -0.25) is 15.0 Å². The Morgan fingerprint density at radius 1 is 0.875 bits per heavy atom. The first-order chi connectivity index (χ1) is 15.6. The maximum absolute atomic E-state index is 4.52. The van der Waals surface area contributed by atoms with Gasteiger partial charge in [-0.1, -0.05) is 19.2 Å². The molecule has 0 fully saturated rings. The Hall–Kier alpha value is -4.39. The molecule has 0 atom stereocenters. The number of aromatic nitrogens is 5. The molecule has 2 N–H and O–H groups in total. The predicted octanol–water partition coefficient (Wildman–Crippen LogP) is 4.98. The highest BCUT2D eigenvalue weighted by Gasteiger charge is 2.14. The molecule has 4 aromatic heterocycles. The van der Waals surface area contributed by atoms with Crippen molar-refractivity contribution < 1.29 is 0 Å². The molecule has 0 amide bonds. The van der Waals surface area contributed by atoms with Gasteiger partial charge in [-0.15, -0.1) is 0 Å². The van der Waals surface area contributed by atoms with E-state index in [4.69, 9.17) is 0 Å². The van der Waals surface area contributed by atoms with E-state index < -0.39 is 0 Å².